The third-order valence-electron chi connectivity index (χ3n) is 6.72. The van der Waals surface area contributed by atoms with Crippen molar-refractivity contribution in [1.29, 1.82) is 0 Å². The van der Waals surface area contributed by atoms with E-state index in [0.717, 1.165) is 11.1 Å². The molecule has 7 heteroatoms. The molecule has 1 heterocycles. The fraction of sp³-hybridized carbons (Fsp3) is 0.259. The third kappa shape index (κ3) is 2.93. The summed E-state index contributed by atoms with van der Waals surface area (Å²) in [6, 6.07) is 17.4. The molecule has 4 N–H and O–H groups in total. The van der Waals surface area contributed by atoms with Crippen LogP contribution in [0.3, 0.4) is 0 Å². The van der Waals surface area contributed by atoms with Crippen molar-refractivity contribution in [3.05, 3.63) is 88.5 Å². The first-order valence-electron chi connectivity index (χ1n) is 11.1. The highest BCUT2D eigenvalue weighted by molar-refractivity contribution is 6.15. The first kappa shape index (κ1) is 22.0. The quantitative estimate of drug-likeness (QED) is 0.506. The minimum atomic E-state index is -2.12. The maximum absolute atomic E-state index is 13.9. The summed E-state index contributed by atoms with van der Waals surface area (Å²) in [6.07, 6.45) is 0.000340. The highest BCUT2D eigenvalue weighted by atomic mass is 16.6. The van der Waals surface area contributed by atoms with E-state index in [9.17, 15) is 14.7 Å². The molecule has 2 unspecified atom stereocenters. The summed E-state index contributed by atoms with van der Waals surface area (Å²) in [5, 5.41) is 14.8. The third-order valence-corrected chi connectivity index (χ3v) is 6.72. The molecule has 7 nitrogen and oxygen atoms in total. The second-order valence-electron chi connectivity index (χ2n) is 9.08. The minimum absolute atomic E-state index is 0.000340. The lowest BCUT2D eigenvalue weighted by molar-refractivity contribution is -0.175. The number of hydrogen-bond acceptors (Lipinski definition) is 6. The summed E-state index contributed by atoms with van der Waals surface area (Å²) in [7, 11) is 1.57. The van der Waals surface area contributed by atoms with Crippen molar-refractivity contribution in [3.63, 3.8) is 0 Å². The van der Waals surface area contributed by atoms with E-state index >= 15 is 0 Å². The van der Waals surface area contributed by atoms with Crippen LogP contribution in [-0.2, 0) is 22.5 Å². The first-order valence-corrected chi connectivity index (χ1v) is 11.1. The summed E-state index contributed by atoms with van der Waals surface area (Å²) >= 11 is 0. The van der Waals surface area contributed by atoms with E-state index in [1.807, 2.05) is 26.0 Å². The van der Waals surface area contributed by atoms with Gasteiger partial charge in [-0.2, -0.15) is 0 Å². The zero-order valence-corrected chi connectivity index (χ0v) is 19.2. The fourth-order valence-corrected chi connectivity index (χ4v) is 4.93. The molecule has 0 radical (unpaired) electrons. The zero-order valence-electron chi connectivity index (χ0n) is 19.2. The normalized spacial score (nSPS) is 22.1. The summed E-state index contributed by atoms with van der Waals surface area (Å²) in [5.74, 6) is -1.81. The van der Waals surface area contributed by atoms with Gasteiger partial charge in [-0.05, 0) is 41.3 Å². The molecule has 0 saturated heterocycles. The molecule has 0 saturated carbocycles. The van der Waals surface area contributed by atoms with Gasteiger partial charge >= 0.3 is 0 Å². The molecule has 2 aliphatic rings. The van der Waals surface area contributed by atoms with Crippen LogP contribution >= 0.6 is 0 Å². The zero-order chi connectivity index (χ0) is 24.3. The van der Waals surface area contributed by atoms with E-state index in [1.165, 1.54) is 0 Å². The number of rotatable bonds is 5. The number of methoxy groups -OCH3 is 1. The predicted molar refractivity (Wildman–Crippen MR) is 127 cm³/mol. The number of hydrogen-bond donors (Lipinski definition) is 3. The van der Waals surface area contributed by atoms with Crippen LogP contribution < -0.4 is 20.5 Å². The van der Waals surface area contributed by atoms with Gasteiger partial charge in [-0.1, -0.05) is 50.2 Å². The van der Waals surface area contributed by atoms with E-state index in [2.05, 4.69) is 5.32 Å². The maximum Gasteiger partial charge on any atom is 0.271 e. The highest BCUT2D eigenvalue weighted by Gasteiger charge is 2.72. The van der Waals surface area contributed by atoms with Crippen LogP contribution in [0, 0.1) is 0 Å². The molecule has 174 valence electrons. The molecule has 1 amide bonds. The Morgan fingerprint density at radius 3 is 2.53 bits per heavy atom. The van der Waals surface area contributed by atoms with E-state index in [4.69, 9.17) is 15.2 Å². The smallest absolute Gasteiger partial charge is 0.271 e. The van der Waals surface area contributed by atoms with Crippen molar-refractivity contribution >= 4 is 17.4 Å². The number of carbonyl (C=O) groups excluding carboxylic acids is 2. The summed E-state index contributed by atoms with van der Waals surface area (Å²) in [6.45, 7) is 4.08. The van der Waals surface area contributed by atoms with Crippen LogP contribution in [0.25, 0.3) is 0 Å². The Balaban J connectivity index is 1.61. The van der Waals surface area contributed by atoms with Crippen LogP contribution in [0.15, 0.2) is 60.7 Å². The Bertz CT molecular complexity index is 1320. The number of aliphatic hydroxyl groups is 1. The minimum Gasteiger partial charge on any atom is -0.497 e. The molecule has 5 rings (SSSR count). The molecular formula is C27H26N2O5. The van der Waals surface area contributed by atoms with Gasteiger partial charge in [-0.15, -0.1) is 0 Å². The van der Waals surface area contributed by atoms with Crippen molar-refractivity contribution in [3.8, 4) is 11.5 Å². The Labute approximate surface area is 197 Å². The lowest BCUT2D eigenvalue weighted by atomic mass is 9.82. The average Bonchev–Trinajstić information content (AvgIpc) is 3.17. The number of carbonyl (C=O) groups is 2. The largest absolute Gasteiger partial charge is 0.497 e. The molecule has 0 spiro atoms. The highest BCUT2D eigenvalue weighted by Crippen LogP contribution is 2.59. The first-order chi connectivity index (χ1) is 16.2. The molecule has 1 aliphatic heterocycles. The number of fused-ring (bicyclic) bond motifs is 5. The number of benzene rings is 3. The van der Waals surface area contributed by atoms with Gasteiger partial charge in [0.05, 0.1) is 19.1 Å². The van der Waals surface area contributed by atoms with Gasteiger partial charge in [0.2, 0.25) is 17.2 Å². The topological polar surface area (TPSA) is 111 Å². The molecule has 1 aliphatic carbocycles. The van der Waals surface area contributed by atoms with E-state index in [1.54, 1.807) is 55.6 Å². The van der Waals surface area contributed by atoms with Gasteiger partial charge < -0.3 is 25.6 Å². The standard InChI is InChI=1S/C27H26N2O5/c1-15(2)17-9-12-19-22(14-17)34-27(32)20-5-4-6-21(28)24(20)25(31)26(19,27)29-23(30)13-16-7-10-18(33-3)11-8-16/h4-12,14-15,32H,13,28H2,1-3H3,(H,29,30). The van der Waals surface area contributed by atoms with Crippen molar-refractivity contribution < 1.29 is 24.2 Å². The van der Waals surface area contributed by atoms with Crippen molar-refractivity contribution in [1.82, 2.24) is 5.32 Å². The lowest BCUT2D eigenvalue weighted by Crippen LogP contribution is -2.60. The van der Waals surface area contributed by atoms with Crippen LogP contribution in [0.4, 0.5) is 5.69 Å². The van der Waals surface area contributed by atoms with Crippen molar-refractivity contribution in [2.45, 2.75) is 37.5 Å². The van der Waals surface area contributed by atoms with Gasteiger partial charge in [0.25, 0.3) is 5.79 Å². The average molecular weight is 459 g/mol. The van der Waals surface area contributed by atoms with Crippen molar-refractivity contribution in [2.75, 3.05) is 12.8 Å². The van der Waals surface area contributed by atoms with Gasteiger partial charge in [0.1, 0.15) is 11.5 Å². The van der Waals surface area contributed by atoms with Crippen molar-refractivity contribution in [2.24, 2.45) is 0 Å². The van der Waals surface area contributed by atoms with Crippen LogP contribution in [0.1, 0.15) is 52.4 Å². The monoisotopic (exact) mass is 458 g/mol. The SMILES string of the molecule is COc1ccc(CC(=O)NC23C(=O)c4c(N)cccc4C2(O)Oc2cc(C(C)C)ccc23)cc1. The predicted octanol–water partition coefficient (Wildman–Crippen LogP) is 3.39. The Kier molecular flexibility index (Phi) is 4.91. The molecule has 34 heavy (non-hydrogen) atoms. The van der Waals surface area contributed by atoms with Crippen LogP contribution in [-0.4, -0.2) is 23.9 Å². The number of Topliss-reactive ketones (excluding diaryl/α,β-unsaturated/α-hetero) is 1. The second kappa shape index (κ2) is 7.60. The van der Waals surface area contributed by atoms with E-state index < -0.39 is 23.0 Å². The lowest BCUT2D eigenvalue weighted by Gasteiger charge is -2.34. The van der Waals surface area contributed by atoms with Gasteiger partial charge in [0.15, 0.2) is 0 Å². The number of anilines is 1. The Morgan fingerprint density at radius 1 is 1.12 bits per heavy atom. The maximum atomic E-state index is 13.9. The Morgan fingerprint density at radius 2 is 1.85 bits per heavy atom. The summed E-state index contributed by atoms with van der Waals surface area (Å²) in [5.41, 5.74) is 7.04. The number of ketones is 1. The number of nitrogen functional groups attached to an aromatic ring is 1. The number of nitrogens with two attached hydrogens (primary N) is 1. The second-order valence-corrected chi connectivity index (χ2v) is 9.08. The number of amides is 1. The molecule has 2 atom stereocenters. The number of nitrogens with one attached hydrogen (secondary N) is 1. The molecule has 0 aromatic heterocycles. The van der Waals surface area contributed by atoms with Gasteiger partial charge in [-0.3, -0.25) is 9.59 Å². The Hall–Kier alpha value is -3.84. The summed E-state index contributed by atoms with van der Waals surface area (Å²) < 4.78 is 11.3. The van der Waals surface area contributed by atoms with Crippen LogP contribution in [0.2, 0.25) is 0 Å². The molecule has 0 fully saturated rings. The molecule has 3 aromatic carbocycles. The number of ether oxygens (including phenoxy) is 2. The molecular weight excluding hydrogens is 432 g/mol. The van der Waals surface area contributed by atoms with E-state index in [0.29, 0.717) is 17.1 Å². The van der Waals surface area contributed by atoms with Crippen LogP contribution in [0.5, 0.6) is 11.5 Å². The van der Waals surface area contributed by atoms with Gasteiger partial charge in [0, 0.05) is 16.8 Å². The fourth-order valence-electron chi connectivity index (χ4n) is 4.93. The molecule has 3 aromatic rings. The van der Waals surface area contributed by atoms with Gasteiger partial charge in [-0.25, -0.2) is 0 Å². The molecule has 0 bridgehead atoms. The summed E-state index contributed by atoms with van der Waals surface area (Å²) in [4.78, 5) is 27.2. The van der Waals surface area contributed by atoms with E-state index in [-0.39, 0.29) is 29.2 Å².